The van der Waals surface area contributed by atoms with Gasteiger partial charge in [0.05, 0.1) is 14.6 Å². The van der Waals surface area contributed by atoms with Crippen LogP contribution in [0.25, 0.3) is 6.08 Å². The van der Waals surface area contributed by atoms with Crippen LogP contribution in [0.15, 0.2) is 74.0 Å². The second-order valence-corrected chi connectivity index (χ2v) is 11.7. The minimum atomic E-state index is -4.13. The molecule has 0 spiro atoms. The Bertz CT molecular complexity index is 1580. The first-order chi connectivity index (χ1) is 17.4. The van der Waals surface area contributed by atoms with Gasteiger partial charge in [-0.3, -0.25) is 14.9 Å². The molecule has 0 unspecified atom stereocenters. The van der Waals surface area contributed by atoms with Crippen LogP contribution in [0, 0.1) is 13.8 Å². The average molecular weight is 669 g/mol. The zero-order chi connectivity index (χ0) is 27.1. The molecule has 12 heteroatoms. The van der Waals surface area contributed by atoms with Crippen LogP contribution in [-0.4, -0.2) is 26.3 Å². The average Bonchev–Trinajstić information content (AvgIpc) is 2.82. The van der Waals surface area contributed by atoms with E-state index < -0.39 is 28.0 Å². The van der Waals surface area contributed by atoms with Gasteiger partial charge in [0.15, 0.2) is 5.75 Å². The van der Waals surface area contributed by atoms with Crippen molar-refractivity contribution in [1.29, 1.82) is 0 Å². The Morgan fingerprint density at radius 3 is 2.22 bits per heavy atom. The van der Waals surface area contributed by atoms with Crippen molar-refractivity contribution in [3.63, 3.8) is 0 Å². The summed E-state index contributed by atoms with van der Waals surface area (Å²) in [5.41, 5.74) is 1.67. The number of barbiturate groups is 1. The van der Waals surface area contributed by atoms with Crippen LogP contribution in [0.2, 0.25) is 5.02 Å². The van der Waals surface area contributed by atoms with E-state index in [2.05, 4.69) is 37.2 Å². The monoisotopic (exact) mass is 666 g/mol. The van der Waals surface area contributed by atoms with Gasteiger partial charge >= 0.3 is 16.1 Å². The number of anilines is 1. The van der Waals surface area contributed by atoms with Gasteiger partial charge in [0.1, 0.15) is 10.5 Å². The topological polar surface area (TPSA) is 110 Å². The molecule has 0 radical (unpaired) electrons. The highest BCUT2D eigenvalue weighted by atomic mass is 79.9. The number of hydrogen-bond donors (Lipinski definition) is 1. The van der Waals surface area contributed by atoms with Crippen LogP contribution >= 0.6 is 43.5 Å². The molecule has 4 rings (SSSR count). The zero-order valence-corrected chi connectivity index (χ0v) is 24.0. The summed E-state index contributed by atoms with van der Waals surface area (Å²) in [5.74, 6) is -1.73. The van der Waals surface area contributed by atoms with Crippen molar-refractivity contribution < 1.29 is 27.0 Å². The standard InChI is InChI=1S/C25H17Br2ClN2O6S/c1-13-6-8-16(9-7-13)37(34,35)36-22-18(26)11-15(12-19(22)27)10-17-23(31)29-25(33)30(24(17)32)21-5-3-4-20(28)14(21)2/h3-12H,1-2H3,(H,29,31,33)/b17-10+. The van der Waals surface area contributed by atoms with Gasteiger partial charge in [-0.15, -0.1) is 0 Å². The summed E-state index contributed by atoms with van der Waals surface area (Å²) in [6.45, 7) is 3.48. The highest BCUT2D eigenvalue weighted by Crippen LogP contribution is 2.38. The number of urea groups is 1. The fraction of sp³-hybridized carbons (Fsp3) is 0.0800. The van der Waals surface area contributed by atoms with Crippen molar-refractivity contribution in [2.24, 2.45) is 0 Å². The maximum Gasteiger partial charge on any atom is 0.339 e. The van der Waals surface area contributed by atoms with Gasteiger partial charge in [0.25, 0.3) is 11.8 Å². The van der Waals surface area contributed by atoms with Crippen molar-refractivity contribution in [2.45, 2.75) is 18.7 Å². The number of benzene rings is 3. The van der Waals surface area contributed by atoms with Gasteiger partial charge in [-0.1, -0.05) is 35.4 Å². The van der Waals surface area contributed by atoms with Crippen molar-refractivity contribution >= 4 is 83.2 Å². The zero-order valence-electron chi connectivity index (χ0n) is 19.2. The molecule has 1 aliphatic rings. The van der Waals surface area contributed by atoms with Crippen molar-refractivity contribution in [3.05, 3.63) is 90.8 Å². The van der Waals surface area contributed by atoms with E-state index in [0.717, 1.165) is 10.5 Å². The van der Waals surface area contributed by atoms with E-state index in [9.17, 15) is 22.8 Å². The lowest BCUT2D eigenvalue weighted by Gasteiger charge is -2.27. The van der Waals surface area contributed by atoms with Crippen LogP contribution in [0.4, 0.5) is 10.5 Å². The molecule has 1 heterocycles. The Morgan fingerprint density at radius 2 is 1.59 bits per heavy atom. The maximum absolute atomic E-state index is 13.2. The molecule has 3 aromatic rings. The fourth-order valence-corrected chi connectivity index (χ4v) is 6.22. The molecule has 0 aromatic heterocycles. The Morgan fingerprint density at radius 1 is 0.973 bits per heavy atom. The number of hydrogen-bond acceptors (Lipinski definition) is 6. The number of halogens is 3. The maximum atomic E-state index is 13.2. The van der Waals surface area contributed by atoms with Crippen molar-refractivity contribution in [3.8, 4) is 5.75 Å². The molecule has 0 saturated carbocycles. The SMILES string of the molecule is Cc1ccc(S(=O)(=O)Oc2c(Br)cc(/C=C3\C(=O)NC(=O)N(c4cccc(Cl)c4C)C3=O)cc2Br)cc1. The molecule has 1 fully saturated rings. The molecular formula is C25H17Br2ClN2O6S. The number of aryl methyl sites for hydroxylation is 1. The second kappa shape index (κ2) is 10.4. The third-order valence-corrected chi connectivity index (χ3v) is 8.24. The van der Waals surface area contributed by atoms with Crippen molar-refractivity contribution in [2.75, 3.05) is 4.90 Å². The highest BCUT2D eigenvalue weighted by molar-refractivity contribution is 9.11. The van der Waals surface area contributed by atoms with E-state index in [-0.39, 0.29) is 30.9 Å². The van der Waals surface area contributed by atoms with Crippen molar-refractivity contribution in [1.82, 2.24) is 5.32 Å². The molecule has 3 aromatic carbocycles. The van der Waals surface area contributed by atoms with E-state index in [1.807, 2.05) is 6.92 Å². The molecular weight excluding hydrogens is 652 g/mol. The van der Waals surface area contributed by atoms with E-state index in [0.29, 0.717) is 16.1 Å². The molecule has 1 N–H and O–H groups in total. The van der Waals surface area contributed by atoms with E-state index in [4.69, 9.17) is 15.8 Å². The number of carbonyl (C=O) groups is 3. The predicted octanol–water partition coefficient (Wildman–Crippen LogP) is 5.92. The van der Waals surface area contributed by atoms with Gasteiger partial charge in [0.2, 0.25) is 0 Å². The van der Waals surface area contributed by atoms with E-state index in [1.165, 1.54) is 30.3 Å². The van der Waals surface area contributed by atoms with Gasteiger partial charge in [-0.25, -0.2) is 9.69 Å². The minimum Gasteiger partial charge on any atom is -0.377 e. The third-order valence-electron chi connectivity index (χ3n) is 5.42. The number of nitrogens with one attached hydrogen (secondary N) is 1. The molecule has 0 bridgehead atoms. The number of imide groups is 2. The number of nitrogens with zero attached hydrogens (tertiary/aromatic N) is 1. The quantitative estimate of drug-likeness (QED) is 0.206. The third kappa shape index (κ3) is 5.49. The Balaban J connectivity index is 1.69. The number of carbonyl (C=O) groups excluding carboxylic acids is 3. The van der Waals surface area contributed by atoms with Crippen LogP contribution in [0.3, 0.4) is 0 Å². The van der Waals surface area contributed by atoms with Gasteiger partial charge < -0.3 is 4.18 Å². The number of rotatable bonds is 5. The summed E-state index contributed by atoms with van der Waals surface area (Å²) in [7, 11) is -4.13. The summed E-state index contributed by atoms with van der Waals surface area (Å²) in [5, 5.41) is 2.51. The molecule has 1 saturated heterocycles. The summed E-state index contributed by atoms with van der Waals surface area (Å²) in [6.07, 6.45) is 1.28. The Kier molecular flexibility index (Phi) is 7.61. The first-order valence-electron chi connectivity index (χ1n) is 10.6. The normalized spacial score (nSPS) is 15.2. The molecule has 8 nitrogen and oxygen atoms in total. The smallest absolute Gasteiger partial charge is 0.339 e. The van der Waals surface area contributed by atoms with Crippen LogP contribution in [-0.2, 0) is 19.7 Å². The lowest BCUT2D eigenvalue weighted by molar-refractivity contribution is -0.122. The molecule has 1 aliphatic heterocycles. The lowest BCUT2D eigenvalue weighted by Crippen LogP contribution is -2.54. The summed E-state index contributed by atoms with van der Waals surface area (Å²) < 4.78 is 31.3. The largest absolute Gasteiger partial charge is 0.377 e. The van der Waals surface area contributed by atoms with E-state index in [1.54, 1.807) is 37.3 Å². The van der Waals surface area contributed by atoms with Gasteiger partial charge in [-0.2, -0.15) is 8.42 Å². The Hall–Kier alpha value is -2.99. The Labute approximate surface area is 234 Å². The van der Waals surface area contributed by atoms with Crippen LogP contribution in [0.5, 0.6) is 5.75 Å². The lowest BCUT2D eigenvalue weighted by atomic mass is 10.1. The summed E-state index contributed by atoms with van der Waals surface area (Å²) >= 11 is 12.7. The highest BCUT2D eigenvalue weighted by Gasteiger charge is 2.37. The van der Waals surface area contributed by atoms with Crippen LogP contribution < -0.4 is 14.4 Å². The summed E-state index contributed by atoms with van der Waals surface area (Å²) in [4.78, 5) is 39.1. The number of amides is 4. The predicted molar refractivity (Wildman–Crippen MR) is 146 cm³/mol. The molecule has 0 aliphatic carbocycles. The molecule has 4 amide bonds. The first-order valence-corrected chi connectivity index (χ1v) is 13.9. The van der Waals surface area contributed by atoms with Gasteiger partial charge in [-0.05, 0) is 99.3 Å². The summed E-state index contributed by atoms with van der Waals surface area (Å²) in [6, 6.07) is 13.0. The van der Waals surface area contributed by atoms with Crippen LogP contribution in [0.1, 0.15) is 16.7 Å². The first kappa shape index (κ1) is 27.1. The fourth-order valence-electron chi connectivity index (χ4n) is 3.49. The second-order valence-electron chi connectivity index (χ2n) is 8.01. The van der Waals surface area contributed by atoms with E-state index >= 15 is 0 Å². The molecule has 0 atom stereocenters. The molecule has 37 heavy (non-hydrogen) atoms. The minimum absolute atomic E-state index is 0.0198. The van der Waals surface area contributed by atoms with Gasteiger partial charge in [0, 0.05) is 5.02 Å². The molecule has 190 valence electrons.